The van der Waals surface area contributed by atoms with Gasteiger partial charge in [0, 0.05) is 19.0 Å². The van der Waals surface area contributed by atoms with Crippen molar-refractivity contribution in [1.29, 1.82) is 0 Å². The summed E-state index contributed by atoms with van der Waals surface area (Å²) in [6, 6.07) is 0.156. The van der Waals surface area contributed by atoms with Crippen LogP contribution in [-0.2, 0) is 4.79 Å². The molecule has 3 heteroatoms. The molecule has 1 rings (SSSR count). The second-order valence-electron chi connectivity index (χ2n) is 6.19. The van der Waals surface area contributed by atoms with Gasteiger partial charge in [-0.15, -0.1) is 0 Å². The topological polar surface area (TPSA) is 55.1 Å². The molecule has 0 aromatic rings. The predicted molar refractivity (Wildman–Crippen MR) is 76.2 cm³/mol. The van der Waals surface area contributed by atoms with Crippen molar-refractivity contribution >= 4 is 5.91 Å². The lowest BCUT2D eigenvalue weighted by atomic mass is 9.96. The molecule has 1 aliphatic rings. The number of amides is 1. The fraction of sp³-hybridized carbons (Fsp3) is 0.933. The lowest BCUT2D eigenvalue weighted by Crippen LogP contribution is -2.41. The third-order valence-corrected chi connectivity index (χ3v) is 3.85. The molecule has 18 heavy (non-hydrogen) atoms. The Bertz CT molecular complexity index is 227. The summed E-state index contributed by atoms with van der Waals surface area (Å²) in [5.74, 6) is 1.39. The number of hydrogen-bond acceptors (Lipinski definition) is 2. The zero-order chi connectivity index (χ0) is 13.4. The molecule has 0 aliphatic heterocycles. The van der Waals surface area contributed by atoms with Crippen LogP contribution in [-0.4, -0.2) is 18.5 Å². The molecule has 106 valence electrons. The summed E-state index contributed by atoms with van der Waals surface area (Å²) in [5.41, 5.74) is 5.71. The summed E-state index contributed by atoms with van der Waals surface area (Å²) in [5, 5.41) is 3.10. The van der Waals surface area contributed by atoms with Gasteiger partial charge in [-0.25, -0.2) is 0 Å². The maximum Gasteiger partial charge on any atom is 0.220 e. The molecule has 0 heterocycles. The molecule has 1 atom stereocenters. The summed E-state index contributed by atoms with van der Waals surface area (Å²) in [7, 11) is 0. The van der Waals surface area contributed by atoms with E-state index in [0.29, 0.717) is 24.8 Å². The highest BCUT2D eigenvalue weighted by Crippen LogP contribution is 2.25. The van der Waals surface area contributed by atoms with Gasteiger partial charge >= 0.3 is 0 Å². The number of carbonyl (C=O) groups excluding carboxylic acids is 1. The summed E-state index contributed by atoms with van der Waals surface area (Å²) in [4.78, 5) is 12.0. The van der Waals surface area contributed by atoms with Gasteiger partial charge in [0.05, 0.1) is 0 Å². The van der Waals surface area contributed by atoms with Gasteiger partial charge < -0.3 is 11.1 Å². The lowest BCUT2D eigenvalue weighted by Gasteiger charge is -2.20. The monoisotopic (exact) mass is 254 g/mol. The van der Waals surface area contributed by atoms with Gasteiger partial charge in [-0.2, -0.15) is 0 Å². The SMILES string of the molecule is CC(C)CC(CN)NC(=O)CC1CCCCCC1. The van der Waals surface area contributed by atoms with Crippen LogP contribution in [0.4, 0.5) is 0 Å². The molecule has 0 aromatic heterocycles. The molecule has 3 N–H and O–H groups in total. The van der Waals surface area contributed by atoms with E-state index < -0.39 is 0 Å². The Morgan fingerprint density at radius 1 is 1.22 bits per heavy atom. The summed E-state index contributed by atoms with van der Waals surface area (Å²) < 4.78 is 0. The Morgan fingerprint density at radius 2 is 1.83 bits per heavy atom. The van der Waals surface area contributed by atoms with Gasteiger partial charge in [0.25, 0.3) is 0 Å². The average molecular weight is 254 g/mol. The van der Waals surface area contributed by atoms with Gasteiger partial charge in [0.1, 0.15) is 0 Å². The molecule has 0 aromatic carbocycles. The molecule has 0 bridgehead atoms. The van der Waals surface area contributed by atoms with Crippen molar-refractivity contribution in [2.24, 2.45) is 17.6 Å². The first-order chi connectivity index (χ1) is 8.61. The molecule has 3 nitrogen and oxygen atoms in total. The summed E-state index contributed by atoms with van der Waals surface area (Å²) in [6.45, 7) is 4.88. The van der Waals surface area contributed by atoms with Crippen LogP contribution in [0, 0.1) is 11.8 Å². The molecule has 1 amide bonds. The Kier molecular flexibility index (Phi) is 7.33. The van der Waals surface area contributed by atoms with Gasteiger partial charge in [0.2, 0.25) is 5.91 Å². The number of hydrogen-bond donors (Lipinski definition) is 2. The highest BCUT2D eigenvalue weighted by molar-refractivity contribution is 5.76. The normalized spacial score (nSPS) is 19.6. The quantitative estimate of drug-likeness (QED) is 0.716. The largest absolute Gasteiger partial charge is 0.352 e. The van der Waals surface area contributed by atoms with Gasteiger partial charge in [-0.3, -0.25) is 4.79 Å². The zero-order valence-corrected chi connectivity index (χ0v) is 12.1. The van der Waals surface area contributed by atoms with Crippen LogP contribution in [0.5, 0.6) is 0 Å². The Hall–Kier alpha value is -0.570. The minimum absolute atomic E-state index is 0.156. The Balaban J connectivity index is 2.29. The van der Waals surface area contributed by atoms with Crippen LogP contribution in [0.3, 0.4) is 0 Å². The van der Waals surface area contributed by atoms with Crippen molar-refractivity contribution in [2.75, 3.05) is 6.54 Å². The van der Waals surface area contributed by atoms with Gasteiger partial charge in [-0.05, 0) is 31.1 Å². The van der Waals surface area contributed by atoms with Gasteiger partial charge in [0.15, 0.2) is 0 Å². The molecular weight excluding hydrogens is 224 g/mol. The van der Waals surface area contributed by atoms with E-state index in [9.17, 15) is 4.79 Å². The molecular formula is C15H30N2O. The minimum atomic E-state index is 0.156. The van der Waals surface area contributed by atoms with Crippen molar-refractivity contribution in [1.82, 2.24) is 5.32 Å². The summed E-state index contributed by atoms with van der Waals surface area (Å²) in [6.07, 6.45) is 9.42. The number of nitrogens with one attached hydrogen (secondary N) is 1. The molecule has 1 unspecified atom stereocenters. The van der Waals surface area contributed by atoms with E-state index in [1.165, 1.54) is 38.5 Å². The van der Waals surface area contributed by atoms with E-state index in [1.54, 1.807) is 0 Å². The van der Waals surface area contributed by atoms with Crippen molar-refractivity contribution in [3.8, 4) is 0 Å². The Morgan fingerprint density at radius 3 is 2.33 bits per heavy atom. The second kappa shape index (κ2) is 8.52. The van der Waals surface area contributed by atoms with E-state index in [4.69, 9.17) is 5.73 Å². The first kappa shape index (κ1) is 15.5. The molecule has 0 saturated heterocycles. The predicted octanol–water partition coefficient (Wildman–Crippen LogP) is 2.84. The van der Waals surface area contributed by atoms with E-state index in [1.807, 2.05) is 0 Å². The van der Waals surface area contributed by atoms with Crippen LogP contribution in [0.15, 0.2) is 0 Å². The lowest BCUT2D eigenvalue weighted by molar-refractivity contribution is -0.122. The smallest absolute Gasteiger partial charge is 0.220 e. The van der Waals surface area contributed by atoms with Crippen LogP contribution in [0.25, 0.3) is 0 Å². The first-order valence-electron chi connectivity index (χ1n) is 7.61. The number of carbonyl (C=O) groups is 1. The van der Waals surface area contributed by atoms with Crippen molar-refractivity contribution in [2.45, 2.75) is 71.3 Å². The minimum Gasteiger partial charge on any atom is -0.352 e. The van der Waals surface area contributed by atoms with E-state index in [2.05, 4.69) is 19.2 Å². The third kappa shape index (κ3) is 6.39. The molecule has 0 radical (unpaired) electrons. The van der Waals surface area contributed by atoms with Crippen molar-refractivity contribution < 1.29 is 4.79 Å². The third-order valence-electron chi connectivity index (χ3n) is 3.85. The molecule has 1 aliphatic carbocycles. The number of nitrogens with two attached hydrogens (primary N) is 1. The van der Waals surface area contributed by atoms with E-state index in [0.717, 1.165) is 6.42 Å². The van der Waals surface area contributed by atoms with Crippen molar-refractivity contribution in [3.63, 3.8) is 0 Å². The van der Waals surface area contributed by atoms with Crippen LogP contribution in [0.2, 0.25) is 0 Å². The maximum atomic E-state index is 12.0. The fourth-order valence-corrected chi connectivity index (χ4v) is 2.90. The summed E-state index contributed by atoms with van der Waals surface area (Å²) >= 11 is 0. The van der Waals surface area contributed by atoms with E-state index >= 15 is 0 Å². The second-order valence-corrected chi connectivity index (χ2v) is 6.19. The van der Waals surface area contributed by atoms with Gasteiger partial charge in [-0.1, -0.05) is 39.5 Å². The fourth-order valence-electron chi connectivity index (χ4n) is 2.90. The maximum absolute atomic E-state index is 12.0. The molecule has 0 spiro atoms. The van der Waals surface area contributed by atoms with E-state index in [-0.39, 0.29) is 11.9 Å². The average Bonchev–Trinajstić information content (AvgIpc) is 2.56. The van der Waals surface area contributed by atoms with Crippen LogP contribution < -0.4 is 11.1 Å². The Labute approximate surface area is 112 Å². The standard InChI is InChI=1S/C15H30N2O/c1-12(2)9-14(11-16)17-15(18)10-13-7-5-3-4-6-8-13/h12-14H,3-11,16H2,1-2H3,(H,17,18). The van der Waals surface area contributed by atoms with Crippen LogP contribution in [0.1, 0.15) is 65.2 Å². The number of rotatable bonds is 6. The van der Waals surface area contributed by atoms with Crippen molar-refractivity contribution in [3.05, 3.63) is 0 Å². The zero-order valence-electron chi connectivity index (χ0n) is 12.1. The first-order valence-corrected chi connectivity index (χ1v) is 7.61. The highest BCUT2D eigenvalue weighted by Gasteiger charge is 2.18. The van der Waals surface area contributed by atoms with Crippen LogP contribution >= 0.6 is 0 Å². The highest BCUT2D eigenvalue weighted by atomic mass is 16.1. The molecule has 1 fully saturated rings. The molecule has 1 saturated carbocycles.